The Morgan fingerprint density at radius 2 is 2.05 bits per heavy atom. The van der Waals surface area contributed by atoms with Crippen molar-refractivity contribution in [3.05, 3.63) is 37.5 Å². The third-order valence-corrected chi connectivity index (χ3v) is 4.80. The number of hydrogen-bond acceptors (Lipinski definition) is 3. The summed E-state index contributed by atoms with van der Waals surface area (Å²) in [6, 6.07) is 6.24. The van der Waals surface area contributed by atoms with E-state index in [1.54, 1.807) is 0 Å². The summed E-state index contributed by atoms with van der Waals surface area (Å²) >= 11 is 5.93. The standard InChI is InChI=1S/C15H17BrIN3/c1-4-5-12-13(17)15(18-3)20-14(19-12)10-7-6-9(2)8-11(10)16/h6-8H,4-5H2,1-3H3,(H,18,19,20). The monoisotopic (exact) mass is 445 g/mol. The van der Waals surface area contributed by atoms with Crippen molar-refractivity contribution in [2.45, 2.75) is 26.7 Å². The summed E-state index contributed by atoms with van der Waals surface area (Å²) in [5.74, 6) is 1.66. The molecule has 0 aliphatic heterocycles. The van der Waals surface area contributed by atoms with Gasteiger partial charge in [-0.2, -0.15) is 0 Å². The lowest BCUT2D eigenvalue weighted by atomic mass is 10.1. The van der Waals surface area contributed by atoms with E-state index in [0.717, 1.165) is 43.8 Å². The SMILES string of the molecule is CCCc1nc(-c2ccc(C)cc2Br)nc(NC)c1I. The lowest BCUT2D eigenvalue weighted by molar-refractivity contribution is 0.868. The number of rotatable bonds is 4. The van der Waals surface area contributed by atoms with Crippen LogP contribution in [0.4, 0.5) is 5.82 Å². The van der Waals surface area contributed by atoms with Gasteiger partial charge < -0.3 is 5.32 Å². The molecule has 0 fully saturated rings. The molecule has 0 unspecified atom stereocenters. The maximum absolute atomic E-state index is 4.74. The average molecular weight is 446 g/mol. The van der Waals surface area contributed by atoms with Crippen LogP contribution < -0.4 is 5.32 Å². The maximum atomic E-state index is 4.74. The molecule has 3 nitrogen and oxygen atoms in total. The molecule has 2 rings (SSSR count). The number of nitrogens with zero attached hydrogens (tertiary/aromatic N) is 2. The minimum Gasteiger partial charge on any atom is -0.372 e. The van der Waals surface area contributed by atoms with Gasteiger partial charge >= 0.3 is 0 Å². The molecule has 0 aliphatic rings. The van der Waals surface area contributed by atoms with Crippen molar-refractivity contribution < 1.29 is 0 Å². The molecule has 0 radical (unpaired) electrons. The fourth-order valence-electron chi connectivity index (χ4n) is 1.98. The molecule has 20 heavy (non-hydrogen) atoms. The van der Waals surface area contributed by atoms with Crippen LogP contribution in [-0.4, -0.2) is 17.0 Å². The highest BCUT2D eigenvalue weighted by atomic mass is 127. The summed E-state index contributed by atoms with van der Waals surface area (Å²) < 4.78 is 2.14. The average Bonchev–Trinajstić information content (AvgIpc) is 2.41. The Morgan fingerprint density at radius 3 is 2.65 bits per heavy atom. The third kappa shape index (κ3) is 3.31. The first-order valence-corrected chi connectivity index (χ1v) is 8.44. The van der Waals surface area contributed by atoms with Crippen molar-refractivity contribution in [3.63, 3.8) is 0 Å². The number of aryl methyl sites for hydroxylation is 2. The number of anilines is 1. The summed E-state index contributed by atoms with van der Waals surface area (Å²) in [6.07, 6.45) is 2.04. The Hall–Kier alpha value is -0.690. The van der Waals surface area contributed by atoms with E-state index in [1.807, 2.05) is 7.05 Å². The molecule has 0 spiro atoms. The van der Waals surface area contributed by atoms with Gasteiger partial charge in [-0.25, -0.2) is 9.97 Å². The van der Waals surface area contributed by atoms with Gasteiger partial charge in [0.2, 0.25) is 0 Å². The molecule has 1 aromatic carbocycles. The maximum Gasteiger partial charge on any atom is 0.162 e. The van der Waals surface area contributed by atoms with Crippen LogP contribution in [0.25, 0.3) is 11.4 Å². The van der Waals surface area contributed by atoms with Gasteiger partial charge in [-0.3, -0.25) is 0 Å². The first-order valence-electron chi connectivity index (χ1n) is 6.57. The fraction of sp³-hybridized carbons (Fsp3) is 0.333. The van der Waals surface area contributed by atoms with E-state index in [1.165, 1.54) is 5.56 Å². The zero-order chi connectivity index (χ0) is 14.7. The molecular weight excluding hydrogens is 429 g/mol. The number of benzene rings is 1. The molecule has 2 aromatic rings. The van der Waals surface area contributed by atoms with Crippen LogP contribution in [-0.2, 0) is 6.42 Å². The first-order chi connectivity index (χ1) is 9.56. The summed E-state index contributed by atoms with van der Waals surface area (Å²) in [7, 11) is 1.90. The van der Waals surface area contributed by atoms with Gasteiger partial charge in [0, 0.05) is 17.1 Å². The minimum absolute atomic E-state index is 0.769. The molecule has 0 amide bonds. The Labute approximate surface area is 141 Å². The lowest BCUT2D eigenvalue weighted by Gasteiger charge is -2.12. The van der Waals surface area contributed by atoms with Crippen LogP contribution in [0.3, 0.4) is 0 Å². The molecule has 1 N–H and O–H groups in total. The van der Waals surface area contributed by atoms with Crippen LogP contribution >= 0.6 is 38.5 Å². The van der Waals surface area contributed by atoms with Crippen molar-refractivity contribution in [1.82, 2.24) is 9.97 Å². The summed E-state index contributed by atoms with van der Waals surface area (Å²) in [4.78, 5) is 9.38. The minimum atomic E-state index is 0.769. The summed E-state index contributed by atoms with van der Waals surface area (Å²) in [5, 5.41) is 3.16. The van der Waals surface area contributed by atoms with Crippen LogP contribution in [0.2, 0.25) is 0 Å². The number of aromatic nitrogens is 2. The van der Waals surface area contributed by atoms with E-state index in [2.05, 4.69) is 80.9 Å². The van der Waals surface area contributed by atoms with Gasteiger partial charge in [-0.15, -0.1) is 0 Å². The van der Waals surface area contributed by atoms with Crippen molar-refractivity contribution in [1.29, 1.82) is 0 Å². The van der Waals surface area contributed by atoms with E-state index < -0.39 is 0 Å². The van der Waals surface area contributed by atoms with Crippen LogP contribution in [0.1, 0.15) is 24.6 Å². The molecule has 0 bridgehead atoms. The second-order valence-electron chi connectivity index (χ2n) is 4.64. The van der Waals surface area contributed by atoms with Crippen molar-refractivity contribution >= 4 is 44.3 Å². The molecule has 0 saturated heterocycles. The molecule has 0 atom stereocenters. The predicted molar refractivity (Wildman–Crippen MR) is 96.2 cm³/mol. The van der Waals surface area contributed by atoms with E-state index in [-0.39, 0.29) is 0 Å². The number of halogens is 2. The van der Waals surface area contributed by atoms with Crippen molar-refractivity contribution in [3.8, 4) is 11.4 Å². The zero-order valence-electron chi connectivity index (χ0n) is 11.8. The molecule has 0 saturated carbocycles. The number of hydrogen-bond donors (Lipinski definition) is 1. The number of nitrogens with one attached hydrogen (secondary N) is 1. The fourth-order valence-corrected chi connectivity index (χ4v) is 3.43. The van der Waals surface area contributed by atoms with E-state index >= 15 is 0 Å². The predicted octanol–water partition coefficient (Wildman–Crippen LogP) is 4.81. The molecule has 0 aliphatic carbocycles. The highest BCUT2D eigenvalue weighted by Gasteiger charge is 2.14. The summed E-state index contributed by atoms with van der Waals surface area (Å²) in [5.41, 5.74) is 3.35. The van der Waals surface area contributed by atoms with Crippen LogP contribution in [0.5, 0.6) is 0 Å². The van der Waals surface area contributed by atoms with E-state index in [0.29, 0.717) is 0 Å². The van der Waals surface area contributed by atoms with Gasteiger partial charge in [0.15, 0.2) is 5.82 Å². The molecule has 1 heterocycles. The zero-order valence-corrected chi connectivity index (χ0v) is 15.5. The Balaban J connectivity index is 2.58. The van der Waals surface area contributed by atoms with Gasteiger partial charge in [0.05, 0.1) is 9.26 Å². The van der Waals surface area contributed by atoms with Crippen LogP contribution in [0, 0.1) is 10.5 Å². The highest BCUT2D eigenvalue weighted by Crippen LogP contribution is 2.30. The van der Waals surface area contributed by atoms with Crippen molar-refractivity contribution in [2.75, 3.05) is 12.4 Å². The molecule has 1 aromatic heterocycles. The van der Waals surface area contributed by atoms with Gasteiger partial charge in [0.25, 0.3) is 0 Å². The largest absolute Gasteiger partial charge is 0.372 e. The normalized spacial score (nSPS) is 10.7. The second kappa shape index (κ2) is 6.85. The molecule has 106 valence electrons. The topological polar surface area (TPSA) is 37.8 Å². The van der Waals surface area contributed by atoms with Gasteiger partial charge in [0.1, 0.15) is 5.82 Å². The summed E-state index contributed by atoms with van der Waals surface area (Å²) in [6.45, 7) is 4.24. The second-order valence-corrected chi connectivity index (χ2v) is 6.57. The first kappa shape index (κ1) is 15.7. The Morgan fingerprint density at radius 1 is 1.30 bits per heavy atom. The van der Waals surface area contributed by atoms with Gasteiger partial charge in [-0.05, 0) is 53.6 Å². The van der Waals surface area contributed by atoms with Crippen molar-refractivity contribution in [2.24, 2.45) is 0 Å². The highest BCUT2D eigenvalue weighted by molar-refractivity contribution is 14.1. The molecule has 5 heteroatoms. The van der Waals surface area contributed by atoms with Gasteiger partial charge in [-0.1, -0.05) is 35.3 Å². The Bertz CT molecular complexity index is 629. The Kier molecular flexibility index (Phi) is 5.37. The van der Waals surface area contributed by atoms with E-state index in [4.69, 9.17) is 4.98 Å². The smallest absolute Gasteiger partial charge is 0.162 e. The lowest BCUT2D eigenvalue weighted by Crippen LogP contribution is -2.05. The third-order valence-electron chi connectivity index (χ3n) is 3.01. The van der Waals surface area contributed by atoms with Crippen LogP contribution in [0.15, 0.2) is 22.7 Å². The molecular formula is C15H17BrIN3. The quantitative estimate of drug-likeness (QED) is 0.686. The van der Waals surface area contributed by atoms with E-state index in [9.17, 15) is 0 Å².